The molecular weight excluding hydrogens is 284 g/mol. The third-order valence-corrected chi connectivity index (χ3v) is 3.35. The first-order valence-electron chi connectivity index (χ1n) is 7.03. The second kappa shape index (κ2) is 7.20. The van der Waals surface area contributed by atoms with Gasteiger partial charge in [0.05, 0.1) is 0 Å². The summed E-state index contributed by atoms with van der Waals surface area (Å²) < 4.78 is 10.1. The Hall–Kier alpha value is -2.17. The number of carbonyl (C=O) groups excluding carboxylic acids is 3. The van der Waals surface area contributed by atoms with Crippen LogP contribution in [0.25, 0.3) is 0 Å². The molecule has 0 amide bonds. The van der Waals surface area contributed by atoms with Crippen molar-refractivity contribution >= 4 is 18.2 Å². The van der Waals surface area contributed by atoms with Crippen LogP contribution in [0.4, 0.5) is 0 Å². The highest BCUT2D eigenvalue weighted by Gasteiger charge is 2.29. The minimum Gasteiger partial charge on any atom is -0.461 e. The highest BCUT2D eigenvalue weighted by molar-refractivity contribution is 5.84. The van der Waals surface area contributed by atoms with E-state index in [-0.39, 0.29) is 12.0 Å². The predicted molar refractivity (Wildman–Crippen MR) is 82.0 cm³/mol. The zero-order valence-electron chi connectivity index (χ0n) is 13.6. The second-order valence-corrected chi connectivity index (χ2v) is 5.98. The van der Waals surface area contributed by atoms with E-state index in [1.807, 2.05) is 26.8 Å². The zero-order chi connectivity index (χ0) is 16.9. The summed E-state index contributed by atoms with van der Waals surface area (Å²) in [4.78, 5) is 33.7. The van der Waals surface area contributed by atoms with Crippen molar-refractivity contribution in [2.45, 2.75) is 40.7 Å². The summed E-state index contributed by atoms with van der Waals surface area (Å²) in [5.74, 6) is -0.948. The summed E-state index contributed by atoms with van der Waals surface area (Å²) >= 11 is 0. The molecule has 1 rings (SSSR count). The molecule has 0 fully saturated rings. The van der Waals surface area contributed by atoms with Crippen LogP contribution in [0.2, 0.25) is 0 Å². The van der Waals surface area contributed by atoms with E-state index in [2.05, 4.69) is 0 Å². The maximum atomic E-state index is 11.9. The molecule has 0 spiro atoms. The van der Waals surface area contributed by atoms with Crippen LogP contribution in [-0.4, -0.2) is 30.9 Å². The van der Waals surface area contributed by atoms with Gasteiger partial charge in [0.1, 0.15) is 19.0 Å². The van der Waals surface area contributed by atoms with Gasteiger partial charge in [0.2, 0.25) is 0 Å². The quantitative estimate of drug-likeness (QED) is 0.338. The summed E-state index contributed by atoms with van der Waals surface area (Å²) in [6.07, 6.45) is 5.09. The van der Waals surface area contributed by atoms with Crippen molar-refractivity contribution in [3.63, 3.8) is 0 Å². The minimum atomic E-state index is -0.557. The Morgan fingerprint density at radius 2 is 1.95 bits per heavy atom. The molecule has 5 heteroatoms. The second-order valence-electron chi connectivity index (χ2n) is 5.98. The SMILES string of the molecule is CC(=O)OC/C(C)=C/C(=O)O[C@@H]1C=C(C=O)C(C)(C)C=C1C. The Balaban J connectivity index is 2.76. The molecule has 0 radical (unpaired) electrons. The Bertz CT molecular complexity index is 564. The minimum absolute atomic E-state index is 0.0480. The first kappa shape index (κ1) is 17.9. The fraction of sp³-hybridized carbons (Fsp3) is 0.471. The van der Waals surface area contributed by atoms with Gasteiger partial charge in [-0.1, -0.05) is 19.9 Å². The lowest BCUT2D eigenvalue weighted by Crippen LogP contribution is -2.26. The highest BCUT2D eigenvalue weighted by atomic mass is 16.5. The monoisotopic (exact) mass is 306 g/mol. The third-order valence-electron chi connectivity index (χ3n) is 3.35. The topological polar surface area (TPSA) is 69.7 Å². The average Bonchev–Trinajstić information content (AvgIpc) is 2.38. The maximum Gasteiger partial charge on any atom is 0.331 e. The van der Waals surface area contributed by atoms with Gasteiger partial charge in [-0.05, 0) is 31.1 Å². The number of rotatable bonds is 5. The molecule has 0 heterocycles. The molecule has 0 aromatic rings. The smallest absolute Gasteiger partial charge is 0.331 e. The number of hydrogen-bond donors (Lipinski definition) is 0. The Kier molecular flexibility index (Phi) is 5.85. The predicted octanol–water partition coefficient (Wildman–Crippen LogP) is 2.52. The van der Waals surface area contributed by atoms with E-state index in [0.29, 0.717) is 11.1 Å². The summed E-state index contributed by atoms with van der Waals surface area (Å²) in [5.41, 5.74) is 1.67. The molecule has 1 atom stereocenters. The number of esters is 2. The standard InChI is InChI=1S/C17H22O5/c1-11(10-21-13(3)19)6-16(20)22-15-7-14(9-18)17(4,5)8-12(15)2/h6-9,15H,10H2,1-5H3/b11-6+/t15-/m1/s1. The lowest BCUT2D eigenvalue weighted by atomic mass is 9.78. The molecule has 22 heavy (non-hydrogen) atoms. The number of allylic oxidation sites excluding steroid dienone is 2. The number of carbonyl (C=O) groups is 3. The van der Waals surface area contributed by atoms with Crippen LogP contribution >= 0.6 is 0 Å². The van der Waals surface area contributed by atoms with Gasteiger partial charge in [-0.2, -0.15) is 0 Å². The van der Waals surface area contributed by atoms with Crippen molar-refractivity contribution < 1.29 is 23.9 Å². The first-order valence-corrected chi connectivity index (χ1v) is 7.03. The Labute approximate surface area is 130 Å². The van der Waals surface area contributed by atoms with Gasteiger partial charge in [-0.15, -0.1) is 0 Å². The normalized spacial score (nSPS) is 20.6. The molecule has 0 aliphatic heterocycles. The van der Waals surface area contributed by atoms with Crippen LogP contribution in [-0.2, 0) is 23.9 Å². The van der Waals surface area contributed by atoms with Crippen LogP contribution in [0.3, 0.4) is 0 Å². The van der Waals surface area contributed by atoms with Crippen molar-refractivity contribution in [3.8, 4) is 0 Å². The molecule has 0 aromatic carbocycles. The lowest BCUT2D eigenvalue weighted by Gasteiger charge is -2.29. The van der Waals surface area contributed by atoms with Gasteiger partial charge >= 0.3 is 11.9 Å². The van der Waals surface area contributed by atoms with Gasteiger partial charge in [0.25, 0.3) is 0 Å². The summed E-state index contributed by atoms with van der Waals surface area (Å²) in [5, 5.41) is 0. The van der Waals surface area contributed by atoms with E-state index < -0.39 is 18.0 Å². The molecule has 5 nitrogen and oxygen atoms in total. The molecule has 0 N–H and O–H groups in total. The molecule has 0 aromatic heterocycles. The van der Waals surface area contributed by atoms with E-state index in [0.717, 1.165) is 11.9 Å². The molecule has 120 valence electrons. The molecule has 1 aliphatic rings. The lowest BCUT2D eigenvalue weighted by molar-refractivity contribution is -0.141. The van der Waals surface area contributed by atoms with E-state index in [4.69, 9.17) is 9.47 Å². The molecule has 0 unspecified atom stereocenters. The Morgan fingerprint density at radius 1 is 1.32 bits per heavy atom. The van der Waals surface area contributed by atoms with Gasteiger partial charge in [0, 0.05) is 24.0 Å². The van der Waals surface area contributed by atoms with E-state index >= 15 is 0 Å². The largest absolute Gasteiger partial charge is 0.461 e. The van der Waals surface area contributed by atoms with Crippen LogP contribution in [0.5, 0.6) is 0 Å². The maximum absolute atomic E-state index is 11.9. The van der Waals surface area contributed by atoms with Crippen molar-refractivity contribution in [2.75, 3.05) is 6.61 Å². The van der Waals surface area contributed by atoms with Gasteiger partial charge in [-0.25, -0.2) is 4.79 Å². The fourth-order valence-corrected chi connectivity index (χ4v) is 2.18. The van der Waals surface area contributed by atoms with Crippen LogP contribution in [0.15, 0.2) is 34.9 Å². The van der Waals surface area contributed by atoms with E-state index in [1.165, 1.54) is 13.0 Å². The van der Waals surface area contributed by atoms with Gasteiger partial charge in [-0.3, -0.25) is 9.59 Å². The van der Waals surface area contributed by atoms with Gasteiger partial charge < -0.3 is 9.47 Å². The van der Waals surface area contributed by atoms with Crippen molar-refractivity contribution in [3.05, 3.63) is 34.9 Å². The van der Waals surface area contributed by atoms with Crippen LogP contribution < -0.4 is 0 Å². The van der Waals surface area contributed by atoms with E-state index in [1.54, 1.807) is 13.0 Å². The van der Waals surface area contributed by atoms with Gasteiger partial charge in [0.15, 0.2) is 0 Å². The first-order chi connectivity index (χ1) is 10.2. The summed E-state index contributed by atoms with van der Waals surface area (Å²) in [7, 11) is 0. The fourth-order valence-electron chi connectivity index (χ4n) is 2.18. The number of aldehydes is 1. The highest BCUT2D eigenvalue weighted by Crippen LogP contribution is 2.34. The Morgan fingerprint density at radius 3 is 2.50 bits per heavy atom. The van der Waals surface area contributed by atoms with Crippen molar-refractivity contribution in [1.29, 1.82) is 0 Å². The molecular formula is C17H22O5. The molecule has 0 bridgehead atoms. The average molecular weight is 306 g/mol. The molecule has 1 aliphatic carbocycles. The van der Waals surface area contributed by atoms with Crippen LogP contribution in [0.1, 0.15) is 34.6 Å². The summed E-state index contributed by atoms with van der Waals surface area (Å²) in [6.45, 7) is 8.73. The molecule has 0 saturated carbocycles. The van der Waals surface area contributed by atoms with E-state index in [9.17, 15) is 14.4 Å². The zero-order valence-corrected chi connectivity index (χ0v) is 13.6. The third kappa shape index (κ3) is 4.98. The van der Waals surface area contributed by atoms with Crippen molar-refractivity contribution in [1.82, 2.24) is 0 Å². The number of ether oxygens (including phenoxy) is 2. The number of hydrogen-bond acceptors (Lipinski definition) is 5. The van der Waals surface area contributed by atoms with Crippen molar-refractivity contribution in [2.24, 2.45) is 5.41 Å². The molecule has 0 saturated heterocycles. The summed E-state index contributed by atoms with van der Waals surface area (Å²) in [6, 6.07) is 0. The van der Waals surface area contributed by atoms with Crippen LogP contribution in [0, 0.1) is 5.41 Å².